The topological polar surface area (TPSA) is 68.3 Å². The van der Waals surface area contributed by atoms with E-state index in [1.54, 1.807) is 24.3 Å². The van der Waals surface area contributed by atoms with E-state index in [1.165, 1.54) is 0 Å². The van der Waals surface area contributed by atoms with E-state index in [2.05, 4.69) is 0 Å². The number of Topliss-reactive ketones (excluding diaryl/α,β-unsaturated/α-hetero) is 4. The van der Waals surface area contributed by atoms with Crippen molar-refractivity contribution in [3.63, 3.8) is 0 Å². The molecule has 1 aromatic rings. The number of ketones is 4. The van der Waals surface area contributed by atoms with Crippen LogP contribution in [0.4, 0.5) is 0 Å². The van der Waals surface area contributed by atoms with Crippen LogP contribution in [0, 0.1) is 33.5 Å². The lowest BCUT2D eigenvalue weighted by molar-refractivity contribution is -0.210. The molecule has 4 saturated carbocycles. The van der Waals surface area contributed by atoms with Gasteiger partial charge in [-0.1, -0.05) is 79.1 Å². The molecule has 0 heterocycles. The standard InChI is InChI=1S/C33H40O4/c1-20(2)14-16-31-19-25-24(18-22(5)6)33(28(31)36,26(34)23-12-10-9-11-13-23)29(37)32(27(31)35,30(25,7)8)17-15-21(3)4/h9-15,18,24-25H,16-17,19H2,1-8H3/t24-,25+,31+,32-,33-/m1/s1. The highest BCUT2D eigenvalue weighted by Gasteiger charge is 2.86. The second kappa shape index (κ2) is 8.85. The van der Waals surface area contributed by atoms with Gasteiger partial charge >= 0.3 is 0 Å². The highest BCUT2D eigenvalue weighted by atomic mass is 16.2. The molecule has 1 aromatic carbocycles. The first kappa shape index (κ1) is 27.2. The molecule has 37 heavy (non-hydrogen) atoms. The highest BCUT2D eigenvalue weighted by Crippen LogP contribution is 2.75. The van der Waals surface area contributed by atoms with E-state index in [0.29, 0.717) is 12.0 Å². The second-order valence-electron chi connectivity index (χ2n) is 12.8. The van der Waals surface area contributed by atoms with Gasteiger partial charge in [0.1, 0.15) is 0 Å². The summed E-state index contributed by atoms with van der Waals surface area (Å²) < 4.78 is 0. The Bertz CT molecular complexity index is 1260. The maximum absolute atomic E-state index is 15.0. The maximum atomic E-state index is 15.0. The van der Waals surface area contributed by atoms with Crippen molar-refractivity contribution in [1.29, 1.82) is 0 Å². The first-order valence-corrected chi connectivity index (χ1v) is 13.4. The van der Waals surface area contributed by atoms with Crippen LogP contribution in [0.15, 0.2) is 65.3 Å². The summed E-state index contributed by atoms with van der Waals surface area (Å²) in [5.41, 5.74) is -2.14. The molecule has 4 nitrogen and oxygen atoms in total. The first-order valence-electron chi connectivity index (χ1n) is 13.4. The minimum absolute atomic E-state index is 0.181. The van der Waals surface area contributed by atoms with Crippen LogP contribution in [0.1, 0.15) is 85.0 Å². The molecule has 0 unspecified atom stereocenters. The molecule has 0 spiro atoms. The van der Waals surface area contributed by atoms with Crippen LogP contribution >= 0.6 is 0 Å². The van der Waals surface area contributed by atoms with Gasteiger partial charge in [0, 0.05) is 11.5 Å². The Labute approximate surface area is 221 Å². The fourth-order valence-electron chi connectivity index (χ4n) is 7.56. The molecule has 0 radical (unpaired) electrons. The van der Waals surface area contributed by atoms with Gasteiger partial charge in [-0.05, 0) is 72.1 Å². The summed E-state index contributed by atoms with van der Waals surface area (Å²) in [7, 11) is 0. The van der Waals surface area contributed by atoms with Crippen LogP contribution in [0.25, 0.3) is 0 Å². The number of hydrogen-bond donors (Lipinski definition) is 0. The summed E-state index contributed by atoms with van der Waals surface area (Å²) in [5, 5.41) is 0. The number of carbonyl (C=O) groups excluding carboxylic acids is 4. The zero-order chi connectivity index (χ0) is 27.6. The largest absolute Gasteiger partial charge is 0.297 e. The Morgan fingerprint density at radius 1 is 0.811 bits per heavy atom. The number of hydrogen-bond acceptors (Lipinski definition) is 4. The van der Waals surface area contributed by atoms with Crippen LogP contribution in [0.2, 0.25) is 0 Å². The van der Waals surface area contributed by atoms with Gasteiger partial charge in [-0.25, -0.2) is 0 Å². The van der Waals surface area contributed by atoms with Crippen molar-refractivity contribution in [1.82, 2.24) is 0 Å². The lowest BCUT2D eigenvalue weighted by Crippen LogP contribution is -2.83. The van der Waals surface area contributed by atoms with Crippen molar-refractivity contribution in [2.24, 2.45) is 33.5 Å². The Balaban J connectivity index is 2.14. The molecule has 4 heteroatoms. The van der Waals surface area contributed by atoms with Crippen molar-refractivity contribution in [2.75, 3.05) is 0 Å². The van der Waals surface area contributed by atoms with Crippen LogP contribution < -0.4 is 0 Å². The third kappa shape index (κ3) is 3.40. The maximum Gasteiger partial charge on any atom is 0.184 e. The summed E-state index contributed by atoms with van der Waals surface area (Å²) in [6, 6.07) is 8.68. The van der Waals surface area contributed by atoms with E-state index < -0.39 is 44.9 Å². The molecule has 0 N–H and O–H groups in total. The molecule has 5 rings (SSSR count). The highest BCUT2D eigenvalue weighted by molar-refractivity contribution is 6.42. The van der Waals surface area contributed by atoms with Crippen molar-refractivity contribution >= 4 is 23.1 Å². The van der Waals surface area contributed by atoms with Crippen LogP contribution in [-0.4, -0.2) is 23.1 Å². The zero-order valence-electron chi connectivity index (χ0n) is 23.5. The Hall–Kier alpha value is -2.88. The van der Waals surface area contributed by atoms with Gasteiger partial charge in [0.05, 0.1) is 10.8 Å². The molecule has 4 aliphatic carbocycles. The van der Waals surface area contributed by atoms with Gasteiger partial charge in [0.25, 0.3) is 0 Å². The number of benzene rings is 1. The van der Waals surface area contributed by atoms with Gasteiger partial charge < -0.3 is 0 Å². The molecule has 4 aliphatic rings. The third-order valence-corrected chi connectivity index (χ3v) is 9.47. The quantitative estimate of drug-likeness (QED) is 0.232. The van der Waals surface area contributed by atoms with Crippen molar-refractivity contribution in [3.8, 4) is 0 Å². The SMILES string of the molecule is CC(C)=CC[C@@]12C[C@H]3[C@@H](C=C(C)C)[C@@](C(=O)c4ccccc4)(C1=O)C(=O)[C@@](CC=C(C)C)(C2=O)C3(C)C. The molecule has 5 atom stereocenters. The summed E-state index contributed by atoms with van der Waals surface area (Å²) in [6.45, 7) is 15.7. The monoisotopic (exact) mass is 500 g/mol. The predicted octanol–water partition coefficient (Wildman–Crippen LogP) is 6.90. The smallest absolute Gasteiger partial charge is 0.184 e. The second-order valence-corrected chi connectivity index (χ2v) is 12.8. The molecular weight excluding hydrogens is 460 g/mol. The molecule has 0 amide bonds. The number of rotatable bonds is 7. The minimum atomic E-state index is -1.91. The molecule has 0 aromatic heterocycles. The van der Waals surface area contributed by atoms with E-state index in [4.69, 9.17) is 0 Å². The molecule has 4 bridgehead atoms. The van der Waals surface area contributed by atoms with E-state index in [0.717, 1.165) is 16.7 Å². The average molecular weight is 501 g/mol. The Morgan fingerprint density at radius 2 is 1.38 bits per heavy atom. The van der Waals surface area contributed by atoms with Crippen LogP contribution in [-0.2, 0) is 14.4 Å². The van der Waals surface area contributed by atoms with E-state index in [-0.39, 0.29) is 24.5 Å². The predicted molar refractivity (Wildman–Crippen MR) is 146 cm³/mol. The molecule has 0 aliphatic heterocycles. The van der Waals surface area contributed by atoms with E-state index in [9.17, 15) is 14.4 Å². The molecule has 0 saturated heterocycles. The van der Waals surface area contributed by atoms with Crippen LogP contribution in [0.3, 0.4) is 0 Å². The zero-order valence-corrected chi connectivity index (χ0v) is 23.5. The van der Waals surface area contributed by atoms with Crippen LogP contribution in [0.5, 0.6) is 0 Å². The lowest BCUT2D eigenvalue weighted by atomic mass is 9.27. The fourth-order valence-corrected chi connectivity index (χ4v) is 7.56. The molecule has 4 fully saturated rings. The average Bonchev–Trinajstić information content (AvgIpc) is 2.82. The fraction of sp³-hybridized carbons (Fsp3) is 0.515. The minimum Gasteiger partial charge on any atom is -0.297 e. The summed E-state index contributed by atoms with van der Waals surface area (Å²) in [6.07, 6.45) is 6.66. The number of carbonyl (C=O) groups is 4. The van der Waals surface area contributed by atoms with Crippen molar-refractivity contribution in [2.45, 2.75) is 74.7 Å². The third-order valence-electron chi connectivity index (χ3n) is 9.47. The van der Waals surface area contributed by atoms with Gasteiger partial charge in [0.2, 0.25) is 0 Å². The summed E-state index contributed by atoms with van der Waals surface area (Å²) >= 11 is 0. The van der Waals surface area contributed by atoms with Gasteiger partial charge in [-0.3, -0.25) is 19.2 Å². The van der Waals surface area contributed by atoms with Gasteiger partial charge in [-0.2, -0.15) is 0 Å². The van der Waals surface area contributed by atoms with Gasteiger partial charge in [0.15, 0.2) is 28.5 Å². The Morgan fingerprint density at radius 3 is 1.92 bits per heavy atom. The molecule has 196 valence electrons. The summed E-state index contributed by atoms with van der Waals surface area (Å²) in [4.78, 5) is 59.1. The lowest BCUT2D eigenvalue weighted by Gasteiger charge is -2.71. The van der Waals surface area contributed by atoms with Crippen molar-refractivity contribution in [3.05, 3.63) is 70.8 Å². The normalized spacial score (nSPS) is 33.2. The first-order chi connectivity index (χ1) is 17.2. The molecular formula is C33H40O4. The van der Waals surface area contributed by atoms with Gasteiger partial charge in [-0.15, -0.1) is 0 Å². The summed E-state index contributed by atoms with van der Waals surface area (Å²) in [5.74, 6) is -2.48. The number of allylic oxidation sites excluding steroid dienone is 6. The Kier molecular flexibility index (Phi) is 6.50. The van der Waals surface area contributed by atoms with Crippen molar-refractivity contribution < 1.29 is 19.2 Å². The van der Waals surface area contributed by atoms with E-state index in [1.807, 2.05) is 79.7 Å². The van der Waals surface area contributed by atoms with E-state index >= 15 is 4.79 Å².